The molecule has 0 radical (unpaired) electrons. The van der Waals surface area contributed by atoms with Gasteiger partial charge in [-0.05, 0) is 62.1 Å². The fourth-order valence-electron chi connectivity index (χ4n) is 4.59. The third kappa shape index (κ3) is 3.40. The number of nitrogens with zero attached hydrogens (tertiary/aromatic N) is 2. The van der Waals surface area contributed by atoms with Crippen LogP contribution in [0.15, 0.2) is 23.6 Å². The van der Waals surface area contributed by atoms with Crippen LogP contribution < -0.4 is 0 Å². The Morgan fingerprint density at radius 1 is 1.32 bits per heavy atom. The number of nitrogens with one attached hydrogen (secondary N) is 1. The Bertz CT molecular complexity index is 736. The van der Waals surface area contributed by atoms with Crippen LogP contribution in [0.1, 0.15) is 45.9 Å². The Morgan fingerprint density at radius 2 is 2.20 bits per heavy atom. The van der Waals surface area contributed by atoms with Gasteiger partial charge in [-0.1, -0.05) is 6.07 Å². The molecule has 2 aliphatic rings. The number of hydrogen-bond donors (Lipinski definition) is 1. The van der Waals surface area contributed by atoms with Crippen LogP contribution in [0.3, 0.4) is 0 Å². The molecule has 134 valence electrons. The summed E-state index contributed by atoms with van der Waals surface area (Å²) in [5.41, 5.74) is 2.93. The molecule has 5 heteroatoms. The summed E-state index contributed by atoms with van der Waals surface area (Å²) in [6.07, 6.45) is 3.47. The van der Waals surface area contributed by atoms with Crippen molar-refractivity contribution >= 4 is 17.2 Å². The summed E-state index contributed by atoms with van der Waals surface area (Å²) >= 11 is 1.84. The molecule has 0 saturated carbocycles. The van der Waals surface area contributed by atoms with Crippen LogP contribution in [-0.4, -0.2) is 46.4 Å². The molecule has 0 aromatic carbocycles. The van der Waals surface area contributed by atoms with Crippen molar-refractivity contribution < 1.29 is 4.79 Å². The number of H-pyrrole nitrogens is 1. The minimum Gasteiger partial charge on any atom is -0.354 e. The number of aromatic nitrogens is 1. The van der Waals surface area contributed by atoms with Gasteiger partial charge < -0.3 is 9.88 Å². The fourth-order valence-corrected chi connectivity index (χ4v) is 5.34. The highest BCUT2D eigenvalue weighted by molar-refractivity contribution is 7.09. The van der Waals surface area contributed by atoms with Gasteiger partial charge in [0, 0.05) is 42.8 Å². The molecule has 0 aliphatic carbocycles. The molecular weight excluding hydrogens is 330 g/mol. The molecule has 0 bridgehead atoms. The number of fused-ring (bicyclic) bond motifs is 1. The summed E-state index contributed by atoms with van der Waals surface area (Å²) in [6.45, 7) is 8.22. The molecule has 0 unspecified atom stereocenters. The summed E-state index contributed by atoms with van der Waals surface area (Å²) in [4.78, 5) is 22.6. The summed E-state index contributed by atoms with van der Waals surface area (Å²) in [5, 5.41) is 2.16. The van der Waals surface area contributed by atoms with Crippen molar-refractivity contribution in [3.05, 3.63) is 45.4 Å². The number of aryl methyl sites for hydroxylation is 2. The van der Waals surface area contributed by atoms with Crippen LogP contribution in [0.25, 0.3) is 0 Å². The molecule has 4 nitrogen and oxygen atoms in total. The van der Waals surface area contributed by atoms with E-state index in [1.165, 1.54) is 11.3 Å². The van der Waals surface area contributed by atoms with E-state index < -0.39 is 0 Å². The van der Waals surface area contributed by atoms with Gasteiger partial charge in [-0.15, -0.1) is 11.3 Å². The zero-order chi connectivity index (χ0) is 17.4. The molecule has 2 atom stereocenters. The number of carbonyl (C=O) groups is 1. The molecule has 4 rings (SSSR count). The zero-order valence-corrected chi connectivity index (χ0v) is 15.9. The van der Waals surface area contributed by atoms with E-state index in [0.717, 1.165) is 56.0 Å². The number of rotatable bonds is 3. The molecule has 2 aliphatic heterocycles. The van der Waals surface area contributed by atoms with Crippen LogP contribution in [0.2, 0.25) is 0 Å². The van der Waals surface area contributed by atoms with Crippen LogP contribution in [0.4, 0.5) is 0 Å². The van der Waals surface area contributed by atoms with E-state index in [4.69, 9.17) is 0 Å². The number of carbonyl (C=O) groups excluding carboxylic acids is 1. The first kappa shape index (κ1) is 16.9. The van der Waals surface area contributed by atoms with Gasteiger partial charge in [-0.2, -0.15) is 0 Å². The van der Waals surface area contributed by atoms with Crippen molar-refractivity contribution in [3.8, 4) is 0 Å². The average Bonchev–Trinajstić information content (AvgIpc) is 3.22. The Morgan fingerprint density at radius 3 is 2.92 bits per heavy atom. The van der Waals surface area contributed by atoms with Gasteiger partial charge in [0.05, 0.1) is 0 Å². The third-order valence-corrected chi connectivity index (χ3v) is 6.60. The summed E-state index contributed by atoms with van der Waals surface area (Å²) in [5.74, 6) is 0.815. The molecule has 1 N–H and O–H groups in total. The van der Waals surface area contributed by atoms with Crippen molar-refractivity contribution in [1.82, 2.24) is 14.8 Å². The van der Waals surface area contributed by atoms with Gasteiger partial charge in [-0.3, -0.25) is 9.69 Å². The van der Waals surface area contributed by atoms with Crippen LogP contribution in [0, 0.1) is 19.8 Å². The minimum absolute atomic E-state index is 0.201. The second-order valence-electron chi connectivity index (χ2n) is 7.58. The summed E-state index contributed by atoms with van der Waals surface area (Å²) in [6, 6.07) is 6.83. The maximum Gasteiger partial charge on any atom is 0.270 e. The largest absolute Gasteiger partial charge is 0.354 e. The van der Waals surface area contributed by atoms with Crippen molar-refractivity contribution in [1.29, 1.82) is 0 Å². The lowest BCUT2D eigenvalue weighted by atomic mass is 9.83. The monoisotopic (exact) mass is 357 g/mol. The average molecular weight is 358 g/mol. The molecule has 2 aromatic rings. The highest BCUT2D eigenvalue weighted by Crippen LogP contribution is 2.32. The predicted molar refractivity (Wildman–Crippen MR) is 102 cm³/mol. The van der Waals surface area contributed by atoms with Crippen LogP contribution in [-0.2, 0) is 6.54 Å². The van der Waals surface area contributed by atoms with Crippen molar-refractivity contribution in [2.75, 3.05) is 19.6 Å². The lowest BCUT2D eigenvalue weighted by Gasteiger charge is -2.47. The third-order valence-electron chi connectivity index (χ3n) is 5.74. The SMILES string of the molecule is Cc1cc(C)c(C(=O)N2CCC[C@@H]3CN(Cc4cccs4)CC[C@H]32)[nH]1. The summed E-state index contributed by atoms with van der Waals surface area (Å²) < 4.78 is 0. The maximum absolute atomic E-state index is 13.1. The van der Waals surface area contributed by atoms with E-state index in [1.54, 1.807) is 0 Å². The first-order chi connectivity index (χ1) is 12.1. The second-order valence-corrected chi connectivity index (χ2v) is 8.61. The molecule has 2 aromatic heterocycles. The number of thiophene rings is 1. The van der Waals surface area contributed by atoms with Crippen molar-refractivity contribution in [2.45, 2.75) is 45.7 Å². The lowest BCUT2D eigenvalue weighted by Crippen LogP contribution is -2.55. The van der Waals surface area contributed by atoms with E-state index >= 15 is 0 Å². The standard InChI is InChI=1S/C20H27N3OS/c1-14-11-15(2)21-19(14)20(24)23-8-3-5-16-12-22(9-7-18(16)23)13-17-6-4-10-25-17/h4,6,10-11,16,18,21H,3,5,7-9,12-13H2,1-2H3/t16-,18-/m1/s1. The summed E-state index contributed by atoms with van der Waals surface area (Å²) in [7, 11) is 0. The molecule has 25 heavy (non-hydrogen) atoms. The Kier molecular flexibility index (Phi) is 4.69. The molecule has 0 spiro atoms. The normalized spacial score (nSPS) is 24.3. The Labute approximate surface area is 153 Å². The van der Waals surface area contributed by atoms with Gasteiger partial charge in [0.1, 0.15) is 5.69 Å². The van der Waals surface area contributed by atoms with E-state index in [9.17, 15) is 4.79 Å². The highest BCUT2D eigenvalue weighted by atomic mass is 32.1. The highest BCUT2D eigenvalue weighted by Gasteiger charge is 2.38. The number of aromatic amines is 1. The van der Waals surface area contributed by atoms with Crippen LogP contribution >= 0.6 is 11.3 Å². The minimum atomic E-state index is 0.201. The maximum atomic E-state index is 13.1. The van der Waals surface area contributed by atoms with E-state index in [2.05, 4.69) is 38.4 Å². The molecule has 2 saturated heterocycles. The first-order valence-electron chi connectivity index (χ1n) is 9.33. The van der Waals surface area contributed by atoms with Crippen molar-refractivity contribution in [3.63, 3.8) is 0 Å². The molecular formula is C20H27N3OS. The Hall–Kier alpha value is -1.59. The number of amides is 1. The topological polar surface area (TPSA) is 39.3 Å². The van der Waals surface area contributed by atoms with Crippen LogP contribution in [0.5, 0.6) is 0 Å². The fraction of sp³-hybridized carbons (Fsp3) is 0.550. The number of likely N-dealkylation sites (tertiary alicyclic amines) is 2. The predicted octanol–water partition coefficient (Wildman–Crippen LogP) is 3.82. The van der Waals surface area contributed by atoms with E-state index in [0.29, 0.717) is 12.0 Å². The number of hydrogen-bond acceptors (Lipinski definition) is 3. The zero-order valence-electron chi connectivity index (χ0n) is 15.1. The van der Waals surface area contributed by atoms with Gasteiger partial charge in [0.2, 0.25) is 0 Å². The number of piperidine rings is 2. The Balaban J connectivity index is 1.46. The first-order valence-corrected chi connectivity index (χ1v) is 10.2. The second kappa shape index (κ2) is 6.96. The van der Waals surface area contributed by atoms with Crippen molar-refractivity contribution in [2.24, 2.45) is 5.92 Å². The molecule has 1 amide bonds. The van der Waals surface area contributed by atoms with E-state index in [1.807, 2.05) is 25.2 Å². The molecule has 4 heterocycles. The van der Waals surface area contributed by atoms with Gasteiger partial charge in [0.15, 0.2) is 0 Å². The van der Waals surface area contributed by atoms with E-state index in [-0.39, 0.29) is 5.91 Å². The quantitative estimate of drug-likeness (QED) is 0.907. The smallest absolute Gasteiger partial charge is 0.270 e. The molecule has 2 fully saturated rings. The van der Waals surface area contributed by atoms with Gasteiger partial charge in [-0.25, -0.2) is 0 Å². The van der Waals surface area contributed by atoms with Gasteiger partial charge in [0.25, 0.3) is 5.91 Å². The van der Waals surface area contributed by atoms with Gasteiger partial charge >= 0.3 is 0 Å². The lowest BCUT2D eigenvalue weighted by molar-refractivity contribution is 0.0182.